The molecule has 2 rings (SSSR count). The second kappa shape index (κ2) is 4.23. The van der Waals surface area contributed by atoms with Crippen molar-refractivity contribution in [2.24, 2.45) is 0 Å². The highest BCUT2D eigenvalue weighted by atomic mass is 16.6. The van der Waals surface area contributed by atoms with Crippen LogP contribution in [0.15, 0.2) is 18.2 Å². The highest BCUT2D eigenvalue weighted by molar-refractivity contribution is 5.75. The molecule has 0 unspecified atom stereocenters. The van der Waals surface area contributed by atoms with Crippen molar-refractivity contribution in [2.45, 2.75) is 18.9 Å². The molecule has 0 bridgehead atoms. The number of ether oxygens (including phenoxy) is 2. The van der Waals surface area contributed by atoms with Crippen molar-refractivity contribution in [2.75, 3.05) is 7.11 Å². The number of nitrogens with zero attached hydrogens (tertiary/aromatic N) is 1. The van der Waals surface area contributed by atoms with Crippen molar-refractivity contribution in [1.82, 2.24) is 0 Å². The van der Waals surface area contributed by atoms with Gasteiger partial charge in [0.15, 0.2) is 6.10 Å². The van der Waals surface area contributed by atoms with Gasteiger partial charge in [0, 0.05) is 0 Å². The second-order valence-electron chi connectivity index (χ2n) is 3.60. The standard InChI is InChI=1S/C12H11NO3/c1-15-12(14)11-5-3-9-6-8(7-13)2-4-10(9)16-11/h2,4,6,11H,3,5H2,1H3/t11-/m1/s1. The lowest BCUT2D eigenvalue weighted by Crippen LogP contribution is -2.32. The molecule has 0 fully saturated rings. The molecule has 0 amide bonds. The summed E-state index contributed by atoms with van der Waals surface area (Å²) in [5.74, 6) is 0.315. The van der Waals surface area contributed by atoms with E-state index in [0.717, 1.165) is 12.0 Å². The molecule has 1 aromatic carbocycles. The molecule has 16 heavy (non-hydrogen) atoms. The Morgan fingerprint density at radius 2 is 2.44 bits per heavy atom. The van der Waals surface area contributed by atoms with Gasteiger partial charge in [-0.3, -0.25) is 0 Å². The van der Waals surface area contributed by atoms with Crippen molar-refractivity contribution in [3.63, 3.8) is 0 Å². The van der Waals surface area contributed by atoms with Crippen molar-refractivity contribution >= 4 is 5.97 Å². The van der Waals surface area contributed by atoms with Crippen LogP contribution in [0.3, 0.4) is 0 Å². The fraction of sp³-hybridized carbons (Fsp3) is 0.333. The molecular formula is C12H11NO3. The van der Waals surface area contributed by atoms with E-state index < -0.39 is 6.10 Å². The van der Waals surface area contributed by atoms with Crippen LogP contribution in [0.5, 0.6) is 5.75 Å². The summed E-state index contributed by atoms with van der Waals surface area (Å²) in [5.41, 5.74) is 1.58. The first-order valence-electron chi connectivity index (χ1n) is 5.02. The minimum absolute atomic E-state index is 0.352. The molecule has 1 atom stereocenters. The predicted molar refractivity (Wildman–Crippen MR) is 55.9 cm³/mol. The zero-order valence-corrected chi connectivity index (χ0v) is 8.90. The normalized spacial score (nSPS) is 17.9. The number of aryl methyl sites for hydroxylation is 1. The van der Waals surface area contributed by atoms with Crippen LogP contribution in [0.4, 0.5) is 0 Å². The lowest BCUT2D eigenvalue weighted by Gasteiger charge is -2.24. The number of nitriles is 1. The van der Waals surface area contributed by atoms with Gasteiger partial charge in [-0.25, -0.2) is 4.79 Å². The van der Waals surface area contributed by atoms with Crippen LogP contribution in [-0.4, -0.2) is 19.2 Å². The molecule has 0 spiro atoms. The van der Waals surface area contributed by atoms with E-state index in [-0.39, 0.29) is 5.97 Å². The molecule has 1 aliphatic rings. The first-order chi connectivity index (χ1) is 7.74. The summed E-state index contributed by atoms with van der Waals surface area (Å²) in [6.07, 6.45) is 0.796. The molecule has 4 heteroatoms. The minimum Gasteiger partial charge on any atom is -0.478 e. The highest BCUT2D eigenvalue weighted by Gasteiger charge is 2.26. The molecule has 0 N–H and O–H groups in total. The third-order valence-electron chi connectivity index (χ3n) is 2.60. The van der Waals surface area contributed by atoms with E-state index >= 15 is 0 Å². The Hall–Kier alpha value is -2.02. The molecule has 0 aromatic heterocycles. The van der Waals surface area contributed by atoms with Crippen LogP contribution in [0, 0.1) is 11.3 Å². The zero-order chi connectivity index (χ0) is 11.5. The molecule has 0 saturated heterocycles. The van der Waals surface area contributed by atoms with E-state index in [1.165, 1.54) is 7.11 Å². The Kier molecular flexibility index (Phi) is 2.78. The van der Waals surface area contributed by atoms with Crippen LogP contribution in [0.25, 0.3) is 0 Å². The summed E-state index contributed by atoms with van der Waals surface area (Å²) in [6, 6.07) is 7.27. The molecule has 1 aliphatic heterocycles. The average Bonchev–Trinajstić information content (AvgIpc) is 2.36. The Morgan fingerprint density at radius 3 is 3.12 bits per heavy atom. The Balaban J connectivity index is 2.23. The Labute approximate surface area is 93.4 Å². The van der Waals surface area contributed by atoms with Crippen LogP contribution in [0.2, 0.25) is 0 Å². The van der Waals surface area contributed by atoms with Gasteiger partial charge in [-0.1, -0.05) is 0 Å². The third-order valence-corrected chi connectivity index (χ3v) is 2.60. The van der Waals surface area contributed by atoms with Crippen LogP contribution < -0.4 is 4.74 Å². The monoisotopic (exact) mass is 217 g/mol. The van der Waals surface area contributed by atoms with E-state index in [1.54, 1.807) is 18.2 Å². The van der Waals surface area contributed by atoms with Gasteiger partial charge < -0.3 is 9.47 Å². The number of carbonyl (C=O) groups is 1. The molecule has 1 aromatic rings. The number of carbonyl (C=O) groups excluding carboxylic acids is 1. The maximum absolute atomic E-state index is 11.3. The third kappa shape index (κ3) is 1.84. The van der Waals surface area contributed by atoms with Crippen molar-refractivity contribution in [3.05, 3.63) is 29.3 Å². The molecule has 0 saturated carbocycles. The molecule has 82 valence electrons. The minimum atomic E-state index is -0.523. The van der Waals surface area contributed by atoms with E-state index in [9.17, 15) is 4.79 Å². The molecule has 4 nitrogen and oxygen atoms in total. The maximum Gasteiger partial charge on any atom is 0.347 e. The zero-order valence-electron chi connectivity index (χ0n) is 8.90. The SMILES string of the molecule is COC(=O)[C@H]1CCc2cc(C#N)ccc2O1. The lowest BCUT2D eigenvalue weighted by molar-refractivity contribution is -0.149. The first kappa shape index (κ1) is 10.5. The number of esters is 1. The summed E-state index contributed by atoms with van der Waals surface area (Å²) in [7, 11) is 1.35. The Bertz CT molecular complexity index is 462. The summed E-state index contributed by atoms with van der Waals surface area (Å²) in [6.45, 7) is 0. The predicted octanol–water partition coefficient (Wildman–Crippen LogP) is 1.42. The molecular weight excluding hydrogens is 206 g/mol. The van der Waals surface area contributed by atoms with Crippen molar-refractivity contribution in [1.29, 1.82) is 5.26 Å². The van der Waals surface area contributed by atoms with Crippen molar-refractivity contribution < 1.29 is 14.3 Å². The summed E-state index contributed by atoms with van der Waals surface area (Å²) >= 11 is 0. The van der Waals surface area contributed by atoms with Crippen molar-refractivity contribution in [3.8, 4) is 11.8 Å². The van der Waals surface area contributed by atoms with Crippen LogP contribution in [0.1, 0.15) is 17.5 Å². The number of hydrogen-bond donors (Lipinski definition) is 0. The lowest BCUT2D eigenvalue weighted by atomic mass is 10.0. The molecule has 0 radical (unpaired) electrons. The highest BCUT2D eigenvalue weighted by Crippen LogP contribution is 2.28. The van der Waals surface area contributed by atoms with E-state index in [1.807, 2.05) is 0 Å². The van der Waals surface area contributed by atoms with Gasteiger partial charge in [0.05, 0.1) is 18.7 Å². The van der Waals surface area contributed by atoms with Gasteiger partial charge in [-0.15, -0.1) is 0 Å². The maximum atomic E-state index is 11.3. The fourth-order valence-electron chi connectivity index (χ4n) is 1.76. The van der Waals surface area contributed by atoms with Gasteiger partial charge in [0.25, 0.3) is 0 Å². The van der Waals surface area contributed by atoms with Gasteiger partial charge in [-0.05, 0) is 36.6 Å². The van der Waals surface area contributed by atoms with Gasteiger partial charge in [0.2, 0.25) is 0 Å². The number of benzene rings is 1. The number of rotatable bonds is 1. The van der Waals surface area contributed by atoms with Crippen LogP contribution in [-0.2, 0) is 16.0 Å². The smallest absolute Gasteiger partial charge is 0.347 e. The van der Waals surface area contributed by atoms with E-state index in [4.69, 9.17) is 10.00 Å². The number of hydrogen-bond acceptors (Lipinski definition) is 4. The second-order valence-corrected chi connectivity index (χ2v) is 3.60. The fourth-order valence-corrected chi connectivity index (χ4v) is 1.76. The quantitative estimate of drug-likeness (QED) is 0.667. The number of methoxy groups -OCH3 is 1. The Morgan fingerprint density at radius 1 is 1.62 bits per heavy atom. The average molecular weight is 217 g/mol. The first-order valence-corrected chi connectivity index (χ1v) is 5.02. The largest absolute Gasteiger partial charge is 0.478 e. The van der Waals surface area contributed by atoms with Gasteiger partial charge in [-0.2, -0.15) is 5.26 Å². The molecule has 0 aliphatic carbocycles. The number of fused-ring (bicyclic) bond motifs is 1. The van der Waals surface area contributed by atoms with Gasteiger partial charge >= 0.3 is 5.97 Å². The summed E-state index contributed by atoms with van der Waals surface area (Å²) in [4.78, 5) is 11.3. The van der Waals surface area contributed by atoms with Crippen LogP contribution >= 0.6 is 0 Å². The topological polar surface area (TPSA) is 59.3 Å². The van der Waals surface area contributed by atoms with E-state index in [0.29, 0.717) is 17.7 Å². The van der Waals surface area contributed by atoms with Gasteiger partial charge in [0.1, 0.15) is 5.75 Å². The molecule has 1 heterocycles. The summed E-state index contributed by atoms with van der Waals surface area (Å²) < 4.78 is 10.1. The summed E-state index contributed by atoms with van der Waals surface area (Å²) in [5, 5.41) is 8.75. The van der Waals surface area contributed by atoms with E-state index in [2.05, 4.69) is 10.8 Å².